The molecular formula is C23H31N5O3. The van der Waals surface area contributed by atoms with E-state index in [1.165, 1.54) is 18.4 Å². The molecule has 166 valence electrons. The van der Waals surface area contributed by atoms with Crippen LogP contribution < -0.4 is 11.0 Å². The topological polar surface area (TPSA) is 79.6 Å². The second kappa shape index (κ2) is 7.91. The molecule has 31 heavy (non-hydrogen) atoms. The number of para-hydroxylation sites is 1. The van der Waals surface area contributed by atoms with Gasteiger partial charge in [-0.25, -0.2) is 4.79 Å². The molecule has 3 heterocycles. The highest BCUT2D eigenvalue weighted by Gasteiger charge is 2.36. The van der Waals surface area contributed by atoms with Crippen LogP contribution in [0.1, 0.15) is 37.3 Å². The largest absolute Gasteiger partial charge is 0.329 e. The van der Waals surface area contributed by atoms with E-state index in [1.807, 2.05) is 12.1 Å². The number of piperazine rings is 1. The van der Waals surface area contributed by atoms with E-state index < -0.39 is 6.04 Å². The minimum Gasteiger partial charge on any atom is -0.304 e. The minimum atomic E-state index is -0.630. The van der Waals surface area contributed by atoms with Crippen molar-refractivity contribution in [1.29, 1.82) is 0 Å². The van der Waals surface area contributed by atoms with Gasteiger partial charge in [-0.3, -0.25) is 28.9 Å². The first kappa shape index (κ1) is 20.5. The lowest BCUT2D eigenvalue weighted by Crippen LogP contribution is -2.53. The monoisotopic (exact) mass is 425 g/mol. The molecule has 0 radical (unpaired) electrons. The molecule has 0 bridgehead atoms. The number of fused-ring (bicyclic) bond motifs is 1. The predicted octanol–water partition coefficient (Wildman–Crippen LogP) is 0.886. The average molecular weight is 426 g/mol. The van der Waals surface area contributed by atoms with Gasteiger partial charge in [-0.2, -0.15) is 0 Å². The van der Waals surface area contributed by atoms with Crippen LogP contribution in [0.4, 0.5) is 0 Å². The van der Waals surface area contributed by atoms with E-state index in [-0.39, 0.29) is 23.9 Å². The zero-order valence-electron chi connectivity index (χ0n) is 18.3. The standard InChI is InChI=1S/C23H31N5O3/c1-25-8-10-27(11-9-25)17-13-15(14-17)12-16-4-3-5-18-21(16)26(2)23(31)28(18)19-6-7-20(29)24-22(19)30/h3-5,15,17,19H,6-14H2,1-2H3,(H,24,29,30). The van der Waals surface area contributed by atoms with E-state index >= 15 is 0 Å². The van der Waals surface area contributed by atoms with Gasteiger partial charge in [-0.05, 0) is 50.3 Å². The lowest BCUT2D eigenvalue weighted by molar-refractivity contribution is -0.135. The number of carbonyl (C=O) groups excluding carboxylic acids is 2. The first-order valence-corrected chi connectivity index (χ1v) is 11.4. The molecule has 1 aromatic carbocycles. The Morgan fingerprint density at radius 3 is 2.48 bits per heavy atom. The van der Waals surface area contributed by atoms with Crippen molar-refractivity contribution < 1.29 is 9.59 Å². The fourth-order valence-electron chi connectivity index (χ4n) is 5.58. The lowest BCUT2D eigenvalue weighted by atomic mass is 9.75. The number of benzene rings is 1. The summed E-state index contributed by atoms with van der Waals surface area (Å²) in [4.78, 5) is 42.1. The summed E-state index contributed by atoms with van der Waals surface area (Å²) in [7, 11) is 3.97. The molecule has 1 aliphatic carbocycles. The number of aryl methyl sites for hydroxylation is 1. The van der Waals surface area contributed by atoms with Crippen LogP contribution in [0.5, 0.6) is 0 Å². The number of aromatic nitrogens is 2. The molecule has 0 spiro atoms. The number of piperidine rings is 1. The summed E-state index contributed by atoms with van der Waals surface area (Å²) in [6, 6.07) is 6.07. The number of carbonyl (C=O) groups is 2. The van der Waals surface area contributed by atoms with Crippen molar-refractivity contribution in [3.05, 3.63) is 34.2 Å². The number of amides is 2. The Balaban J connectivity index is 1.36. The second-order valence-electron chi connectivity index (χ2n) is 9.50. The van der Waals surface area contributed by atoms with Crippen LogP contribution in [0.2, 0.25) is 0 Å². The van der Waals surface area contributed by atoms with E-state index in [1.54, 1.807) is 16.2 Å². The average Bonchev–Trinajstić information content (AvgIpc) is 2.97. The first-order valence-electron chi connectivity index (χ1n) is 11.4. The maximum Gasteiger partial charge on any atom is 0.329 e. The summed E-state index contributed by atoms with van der Waals surface area (Å²) in [5.41, 5.74) is 2.68. The summed E-state index contributed by atoms with van der Waals surface area (Å²) in [5.74, 6) is -0.0234. The summed E-state index contributed by atoms with van der Waals surface area (Å²) < 4.78 is 3.25. The normalized spacial score (nSPS) is 28.0. The number of rotatable bonds is 4. The van der Waals surface area contributed by atoms with Crippen LogP contribution >= 0.6 is 0 Å². The van der Waals surface area contributed by atoms with Crippen LogP contribution in [-0.2, 0) is 23.1 Å². The first-order chi connectivity index (χ1) is 14.9. The third kappa shape index (κ3) is 3.61. The number of likely N-dealkylation sites (N-methyl/N-ethyl adjacent to an activating group) is 1. The van der Waals surface area contributed by atoms with Gasteiger partial charge in [0.25, 0.3) is 0 Å². The highest BCUT2D eigenvalue weighted by atomic mass is 16.2. The van der Waals surface area contributed by atoms with Crippen LogP contribution in [-0.4, -0.2) is 70.0 Å². The van der Waals surface area contributed by atoms with Gasteiger partial charge < -0.3 is 4.90 Å². The van der Waals surface area contributed by atoms with Gasteiger partial charge in [-0.1, -0.05) is 12.1 Å². The zero-order chi connectivity index (χ0) is 21.7. The molecule has 2 amide bonds. The highest BCUT2D eigenvalue weighted by molar-refractivity contribution is 6.00. The third-order valence-corrected chi connectivity index (χ3v) is 7.48. The Hall–Kier alpha value is -2.45. The quantitative estimate of drug-likeness (QED) is 0.736. The number of nitrogens with zero attached hydrogens (tertiary/aromatic N) is 4. The van der Waals surface area contributed by atoms with Gasteiger partial charge in [0.15, 0.2) is 0 Å². The molecule has 1 aromatic heterocycles. The Morgan fingerprint density at radius 2 is 1.77 bits per heavy atom. The Kier molecular flexibility index (Phi) is 5.22. The smallest absolute Gasteiger partial charge is 0.304 e. The van der Waals surface area contributed by atoms with Crippen molar-refractivity contribution in [2.24, 2.45) is 13.0 Å². The van der Waals surface area contributed by atoms with Gasteiger partial charge in [0.2, 0.25) is 11.8 Å². The fourth-order valence-corrected chi connectivity index (χ4v) is 5.58. The Labute approximate surface area is 181 Å². The molecule has 3 aliphatic rings. The molecule has 1 N–H and O–H groups in total. The molecule has 1 saturated carbocycles. The minimum absolute atomic E-state index is 0.194. The van der Waals surface area contributed by atoms with Gasteiger partial charge in [0, 0.05) is 45.7 Å². The Morgan fingerprint density at radius 1 is 1.03 bits per heavy atom. The van der Waals surface area contributed by atoms with E-state index in [4.69, 9.17) is 0 Å². The second-order valence-corrected chi connectivity index (χ2v) is 9.50. The maximum atomic E-state index is 13.1. The van der Waals surface area contributed by atoms with E-state index in [9.17, 15) is 14.4 Å². The van der Waals surface area contributed by atoms with Crippen molar-refractivity contribution in [2.75, 3.05) is 33.2 Å². The van der Waals surface area contributed by atoms with Crippen LogP contribution in [0.25, 0.3) is 11.0 Å². The summed E-state index contributed by atoms with van der Waals surface area (Å²) >= 11 is 0. The molecular weight excluding hydrogens is 394 g/mol. The van der Waals surface area contributed by atoms with Crippen LogP contribution in [0.15, 0.2) is 23.0 Å². The Bertz CT molecular complexity index is 1070. The van der Waals surface area contributed by atoms with Crippen molar-refractivity contribution >= 4 is 22.8 Å². The summed E-state index contributed by atoms with van der Waals surface area (Å²) in [6.45, 7) is 4.62. The number of imidazole rings is 1. The molecule has 2 saturated heterocycles. The van der Waals surface area contributed by atoms with Crippen molar-refractivity contribution in [2.45, 2.75) is 44.2 Å². The third-order valence-electron chi connectivity index (χ3n) is 7.48. The van der Waals surface area contributed by atoms with E-state index in [0.717, 1.165) is 43.6 Å². The number of hydrogen-bond donors (Lipinski definition) is 1. The maximum absolute atomic E-state index is 13.1. The van der Waals surface area contributed by atoms with E-state index in [0.29, 0.717) is 18.4 Å². The van der Waals surface area contributed by atoms with Gasteiger partial charge in [0.05, 0.1) is 11.0 Å². The molecule has 1 unspecified atom stereocenters. The summed E-state index contributed by atoms with van der Waals surface area (Å²) in [6.07, 6.45) is 4.00. The zero-order valence-corrected chi connectivity index (χ0v) is 18.3. The number of imide groups is 1. The van der Waals surface area contributed by atoms with Crippen molar-refractivity contribution in [3.63, 3.8) is 0 Å². The molecule has 2 aliphatic heterocycles. The van der Waals surface area contributed by atoms with Crippen LogP contribution in [0, 0.1) is 5.92 Å². The molecule has 8 nitrogen and oxygen atoms in total. The SMILES string of the molecule is CN1CCN(C2CC(Cc3cccc4c3n(C)c(=O)n4C3CCC(=O)NC3=O)C2)CC1. The molecule has 5 rings (SSSR count). The predicted molar refractivity (Wildman–Crippen MR) is 118 cm³/mol. The molecule has 1 atom stereocenters. The van der Waals surface area contributed by atoms with Crippen LogP contribution in [0.3, 0.4) is 0 Å². The number of nitrogens with one attached hydrogen (secondary N) is 1. The van der Waals surface area contributed by atoms with Gasteiger partial charge >= 0.3 is 5.69 Å². The van der Waals surface area contributed by atoms with Gasteiger partial charge in [-0.15, -0.1) is 0 Å². The molecule has 2 aromatic rings. The van der Waals surface area contributed by atoms with Gasteiger partial charge in [0.1, 0.15) is 6.04 Å². The fraction of sp³-hybridized carbons (Fsp3) is 0.609. The lowest BCUT2D eigenvalue weighted by Gasteiger charge is -2.46. The number of hydrogen-bond acceptors (Lipinski definition) is 5. The summed E-state index contributed by atoms with van der Waals surface area (Å²) in [5, 5.41) is 2.38. The van der Waals surface area contributed by atoms with Crippen molar-refractivity contribution in [1.82, 2.24) is 24.3 Å². The van der Waals surface area contributed by atoms with E-state index in [2.05, 4.69) is 28.2 Å². The van der Waals surface area contributed by atoms with Crippen molar-refractivity contribution in [3.8, 4) is 0 Å². The molecule has 8 heteroatoms. The molecule has 3 fully saturated rings. The highest BCUT2D eigenvalue weighted by Crippen LogP contribution is 2.36.